The zero-order chi connectivity index (χ0) is 18.3. The minimum atomic E-state index is -2.47. The van der Waals surface area contributed by atoms with Crippen molar-refractivity contribution in [3.05, 3.63) is 47.4 Å². The Labute approximate surface area is 132 Å². The van der Waals surface area contributed by atoms with Gasteiger partial charge in [-0.25, -0.2) is 4.39 Å². The predicted octanol–water partition coefficient (Wildman–Crippen LogP) is 4.86. The summed E-state index contributed by atoms with van der Waals surface area (Å²) in [5.74, 6) is -0.414. The number of halogens is 1. The van der Waals surface area contributed by atoms with Crippen LogP contribution in [-0.4, -0.2) is 13.1 Å². The van der Waals surface area contributed by atoms with Crippen molar-refractivity contribution < 1.29 is 8.50 Å². The van der Waals surface area contributed by atoms with Crippen molar-refractivity contribution in [1.82, 2.24) is 4.98 Å². The zero-order valence-electron chi connectivity index (χ0n) is 16.3. The first-order chi connectivity index (χ1) is 10.9. The number of hydrogen-bond acceptors (Lipinski definition) is 1. The highest BCUT2D eigenvalue weighted by Gasteiger charge is 2.23. The van der Waals surface area contributed by atoms with Crippen molar-refractivity contribution in [3.63, 3.8) is 0 Å². The van der Waals surface area contributed by atoms with Gasteiger partial charge in [0.2, 0.25) is 0 Å². The molecule has 0 amide bonds. The largest absolute Gasteiger partial charge is 0.256 e. The topological polar surface area (TPSA) is 12.9 Å². The Morgan fingerprint density at radius 1 is 1.24 bits per heavy atom. The number of pyridine rings is 1. The number of benzene rings is 1. The average molecular weight is 304 g/mol. The van der Waals surface area contributed by atoms with E-state index in [4.69, 9.17) is 4.11 Å². The summed E-state index contributed by atoms with van der Waals surface area (Å²) in [4.78, 5) is 4.45. The van der Waals surface area contributed by atoms with Gasteiger partial charge in [0.15, 0.2) is 0 Å². The third-order valence-electron chi connectivity index (χ3n) is 3.64. The summed E-state index contributed by atoms with van der Waals surface area (Å²) in [6, 6.07) is 6.39. The van der Waals surface area contributed by atoms with Crippen LogP contribution in [0.15, 0.2) is 30.5 Å². The summed E-state index contributed by atoms with van der Waals surface area (Å²) < 4.78 is 37.2. The Morgan fingerprint density at radius 3 is 2.52 bits per heavy atom. The summed E-state index contributed by atoms with van der Waals surface area (Å²) in [6.45, 7) is 8.51. The molecule has 1 nitrogen and oxygen atoms in total. The lowest BCUT2D eigenvalue weighted by molar-refractivity contribution is 0.621. The highest BCUT2D eigenvalue weighted by molar-refractivity contribution is 6.89. The van der Waals surface area contributed by atoms with Crippen LogP contribution in [0.1, 0.15) is 35.0 Å². The van der Waals surface area contributed by atoms with Crippen LogP contribution in [0.2, 0.25) is 19.6 Å². The first-order valence-electron chi connectivity index (χ1n) is 8.72. The SMILES string of the molecule is [2H]C([2H])([2H])c1cccc(-c2cc(C(C)C)c([Si](C)(C)C)cn2)c1F. The molecule has 1 aromatic heterocycles. The molecule has 112 valence electrons. The Kier molecular flexibility index (Phi) is 3.30. The lowest BCUT2D eigenvalue weighted by Gasteiger charge is -2.23. The van der Waals surface area contributed by atoms with Gasteiger partial charge < -0.3 is 0 Å². The van der Waals surface area contributed by atoms with Gasteiger partial charge in [0, 0.05) is 15.9 Å². The van der Waals surface area contributed by atoms with Crippen molar-refractivity contribution in [3.8, 4) is 11.3 Å². The van der Waals surface area contributed by atoms with E-state index in [2.05, 4.69) is 38.5 Å². The molecule has 0 atom stereocenters. The molecule has 3 heteroatoms. The molecule has 1 aromatic carbocycles. The van der Waals surface area contributed by atoms with Crippen molar-refractivity contribution in [2.75, 3.05) is 0 Å². The quantitative estimate of drug-likeness (QED) is 0.738. The molecule has 21 heavy (non-hydrogen) atoms. The lowest BCUT2D eigenvalue weighted by atomic mass is 10.0. The van der Waals surface area contributed by atoms with Crippen LogP contribution in [0.5, 0.6) is 0 Å². The molecule has 0 N–H and O–H groups in total. The third-order valence-corrected chi connectivity index (χ3v) is 5.67. The van der Waals surface area contributed by atoms with Gasteiger partial charge in [0.1, 0.15) is 5.82 Å². The van der Waals surface area contributed by atoms with Gasteiger partial charge in [-0.2, -0.15) is 0 Å². The molecule has 0 unspecified atom stereocenters. The van der Waals surface area contributed by atoms with Crippen LogP contribution in [0.4, 0.5) is 4.39 Å². The number of rotatable bonds is 3. The van der Waals surface area contributed by atoms with Crippen molar-refractivity contribution in [2.24, 2.45) is 0 Å². The second kappa shape index (κ2) is 5.72. The van der Waals surface area contributed by atoms with Gasteiger partial charge in [-0.3, -0.25) is 4.98 Å². The molecule has 0 aliphatic rings. The predicted molar refractivity (Wildman–Crippen MR) is 91.4 cm³/mol. The molecule has 0 aliphatic heterocycles. The maximum absolute atomic E-state index is 14.7. The Hall–Kier alpha value is -1.48. The maximum Gasteiger partial charge on any atom is 0.135 e. The molecule has 0 saturated heterocycles. The summed E-state index contributed by atoms with van der Waals surface area (Å²) >= 11 is 0. The van der Waals surface area contributed by atoms with Gasteiger partial charge in [0.25, 0.3) is 0 Å². The molecule has 2 rings (SSSR count). The normalized spacial score (nSPS) is 14.7. The van der Waals surface area contributed by atoms with E-state index in [1.807, 2.05) is 12.3 Å². The summed E-state index contributed by atoms with van der Waals surface area (Å²) in [6.07, 6.45) is 1.85. The molecule has 0 saturated carbocycles. The van der Waals surface area contributed by atoms with E-state index >= 15 is 0 Å². The zero-order valence-corrected chi connectivity index (χ0v) is 14.3. The van der Waals surface area contributed by atoms with E-state index in [-0.39, 0.29) is 11.1 Å². The molecule has 2 aromatic rings. The van der Waals surface area contributed by atoms with Crippen LogP contribution in [0.25, 0.3) is 11.3 Å². The smallest absolute Gasteiger partial charge is 0.135 e. The van der Waals surface area contributed by atoms with Crippen LogP contribution in [0.3, 0.4) is 0 Å². The molecule has 0 spiro atoms. The molecular weight excluding hydrogens is 277 g/mol. The molecule has 1 heterocycles. The van der Waals surface area contributed by atoms with Crippen molar-refractivity contribution >= 4 is 13.3 Å². The standard InChI is InChI=1S/C18H24FNSi/c1-12(2)15-10-16(20-11-17(15)21(4,5)6)14-9-7-8-13(3)18(14)19/h7-12H,1-6H3/i3D3. The van der Waals surface area contributed by atoms with Crippen molar-refractivity contribution in [1.29, 1.82) is 0 Å². The molecule has 0 radical (unpaired) electrons. The maximum atomic E-state index is 14.7. The van der Waals surface area contributed by atoms with E-state index < -0.39 is 20.7 Å². The van der Waals surface area contributed by atoms with Crippen molar-refractivity contribution in [2.45, 2.75) is 46.3 Å². The highest BCUT2D eigenvalue weighted by Crippen LogP contribution is 2.26. The Balaban J connectivity index is 2.65. The lowest BCUT2D eigenvalue weighted by Crippen LogP contribution is -2.40. The summed E-state index contributed by atoms with van der Waals surface area (Å²) in [5, 5.41) is 1.26. The van der Waals surface area contributed by atoms with E-state index in [1.54, 1.807) is 12.1 Å². The van der Waals surface area contributed by atoms with Crippen LogP contribution >= 0.6 is 0 Å². The van der Waals surface area contributed by atoms with Crippen LogP contribution in [-0.2, 0) is 0 Å². The highest BCUT2D eigenvalue weighted by atomic mass is 28.3. The average Bonchev–Trinajstić information content (AvgIpc) is 2.44. The Bertz CT molecular complexity index is 749. The molecule has 0 bridgehead atoms. The number of nitrogens with zero attached hydrogens (tertiary/aromatic N) is 1. The minimum Gasteiger partial charge on any atom is -0.256 e. The van der Waals surface area contributed by atoms with Gasteiger partial charge >= 0.3 is 0 Å². The fourth-order valence-electron chi connectivity index (χ4n) is 2.45. The van der Waals surface area contributed by atoms with Gasteiger partial charge in [0.05, 0.1) is 13.8 Å². The van der Waals surface area contributed by atoms with E-state index in [1.165, 1.54) is 11.3 Å². The van der Waals surface area contributed by atoms with Gasteiger partial charge in [-0.05, 0) is 41.2 Å². The monoisotopic (exact) mass is 304 g/mol. The fraction of sp³-hybridized carbons (Fsp3) is 0.389. The number of hydrogen-bond donors (Lipinski definition) is 0. The van der Waals surface area contributed by atoms with E-state index in [0.717, 1.165) is 5.56 Å². The number of aromatic nitrogens is 1. The molecule has 0 fully saturated rings. The minimum absolute atomic E-state index is 0.243. The first-order valence-corrected chi connectivity index (χ1v) is 10.7. The number of aryl methyl sites for hydroxylation is 1. The second-order valence-corrected chi connectivity index (χ2v) is 11.8. The Morgan fingerprint density at radius 2 is 1.95 bits per heavy atom. The van der Waals surface area contributed by atoms with Crippen LogP contribution < -0.4 is 5.19 Å². The van der Waals surface area contributed by atoms with Gasteiger partial charge in [-0.1, -0.05) is 45.6 Å². The van der Waals surface area contributed by atoms with Gasteiger partial charge in [-0.15, -0.1) is 0 Å². The van der Waals surface area contributed by atoms with Crippen LogP contribution in [0, 0.1) is 12.7 Å². The summed E-state index contributed by atoms with van der Waals surface area (Å²) in [5.41, 5.74) is 1.64. The summed E-state index contributed by atoms with van der Waals surface area (Å²) in [7, 11) is -1.57. The van der Waals surface area contributed by atoms with E-state index in [9.17, 15) is 4.39 Å². The fourth-order valence-corrected chi connectivity index (χ4v) is 4.13. The molecular formula is C18H24FNSi. The second-order valence-electron chi connectivity index (χ2n) is 6.73. The first kappa shape index (κ1) is 12.1. The third kappa shape index (κ3) is 3.23. The molecule has 0 aliphatic carbocycles. The van der Waals surface area contributed by atoms with E-state index in [0.29, 0.717) is 11.6 Å².